The Labute approximate surface area is 85.8 Å². The van der Waals surface area contributed by atoms with E-state index >= 15 is 0 Å². The first-order valence-electron chi connectivity index (χ1n) is 4.40. The number of nitrogens with one attached hydrogen (secondary N) is 2. The van der Waals surface area contributed by atoms with Crippen molar-refractivity contribution in [3.8, 4) is 0 Å². The minimum Gasteiger partial charge on any atom is -0.343 e. The average Bonchev–Trinajstić information content (AvgIpc) is 2.80. The number of carbonyl (C=O) groups excluding carboxylic acids is 1. The predicted molar refractivity (Wildman–Crippen MR) is 51.8 cm³/mol. The van der Waals surface area contributed by atoms with E-state index in [-0.39, 0.29) is 5.91 Å². The largest absolute Gasteiger partial charge is 0.343 e. The summed E-state index contributed by atoms with van der Waals surface area (Å²) >= 11 is 0. The average molecular weight is 203 g/mol. The molecule has 0 atom stereocenters. The Kier molecular flexibility index (Phi) is 2.68. The van der Waals surface area contributed by atoms with E-state index in [1.807, 2.05) is 0 Å². The molecule has 0 saturated heterocycles. The Morgan fingerprint density at radius 3 is 3.00 bits per heavy atom. The highest BCUT2D eigenvalue weighted by Gasteiger charge is 2.05. The highest BCUT2D eigenvalue weighted by atomic mass is 16.1. The number of carbonyl (C=O) groups is 1. The van der Waals surface area contributed by atoms with Crippen LogP contribution in [0, 0.1) is 0 Å². The quantitative estimate of drug-likeness (QED) is 0.742. The third-order valence-electron chi connectivity index (χ3n) is 1.78. The van der Waals surface area contributed by atoms with Gasteiger partial charge in [-0.2, -0.15) is 5.10 Å². The van der Waals surface area contributed by atoms with Gasteiger partial charge in [-0.05, 0) is 12.1 Å². The number of pyridine rings is 1. The smallest absolute Gasteiger partial charge is 0.270 e. The maximum atomic E-state index is 11.5. The lowest BCUT2D eigenvalue weighted by Gasteiger charge is -2.01. The topological polar surface area (TPSA) is 83.6 Å². The number of rotatable bonds is 3. The van der Waals surface area contributed by atoms with Crippen LogP contribution in [-0.4, -0.2) is 26.1 Å². The molecule has 0 aliphatic heterocycles. The first-order valence-corrected chi connectivity index (χ1v) is 4.40. The van der Waals surface area contributed by atoms with Crippen molar-refractivity contribution >= 4 is 5.91 Å². The van der Waals surface area contributed by atoms with Crippen molar-refractivity contribution < 1.29 is 4.79 Å². The first kappa shape index (κ1) is 9.32. The van der Waals surface area contributed by atoms with Crippen LogP contribution in [0.15, 0.2) is 30.7 Å². The van der Waals surface area contributed by atoms with Gasteiger partial charge in [0.25, 0.3) is 5.91 Å². The van der Waals surface area contributed by atoms with Gasteiger partial charge in [0.05, 0.1) is 6.54 Å². The zero-order chi connectivity index (χ0) is 10.5. The van der Waals surface area contributed by atoms with E-state index in [0.29, 0.717) is 18.1 Å². The van der Waals surface area contributed by atoms with Gasteiger partial charge in [-0.15, -0.1) is 0 Å². The van der Waals surface area contributed by atoms with E-state index in [0.717, 1.165) is 0 Å². The van der Waals surface area contributed by atoms with Crippen LogP contribution < -0.4 is 5.32 Å². The molecule has 1 amide bonds. The van der Waals surface area contributed by atoms with Crippen molar-refractivity contribution in [2.24, 2.45) is 0 Å². The zero-order valence-electron chi connectivity index (χ0n) is 7.84. The molecule has 0 unspecified atom stereocenters. The summed E-state index contributed by atoms with van der Waals surface area (Å²) < 4.78 is 0. The normalized spacial score (nSPS) is 9.87. The summed E-state index contributed by atoms with van der Waals surface area (Å²) in [5.74, 6) is 0.381. The molecule has 0 aliphatic carbocycles. The Morgan fingerprint density at radius 1 is 1.40 bits per heavy atom. The van der Waals surface area contributed by atoms with Gasteiger partial charge in [0.2, 0.25) is 0 Å². The van der Waals surface area contributed by atoms with Gasteiger partial charge >= 0.3 is 0 Å². The van der Waals surface area contributed by atoms with E-state index in [1.165, 1.54) is 6.33 Å². The zero-order valence-corrected chi connectivity index (χ0v) is 7.84. The summed E-state index contributed by atoms with van der Waals surface area (Å²) in [6.07, 6.45) is 2.96. The van der Waals surface area contributed by atoms with Gasteiger partial charge in [-0.3, -0.25) is 14.9 Å². The van der Waals surface area contributed by atoms with Gasteiger partial charge in [0.1, 0.15) is 17.8 Å². The second-order valence-electron chi connectivity index (χ2n) is 2.83. The molecule has 6 heteroatoms. The van der Waals surface area contributed by atoms with E-state index < -0.39 is 0 Å². The fourth-order valence-electron chi connectivity index (χ4n) is 1.07. The van der Waals surface area contributed by atoms with Gasteiger partial charge < -0.3 is 5.32 Å². The molecule has 6 nitrogen and oxygen atoms in total. The summed E-state index contributed by atoms with van der Waals surface area (Å²) in [5.41, 5.74) is 0.386. The van der Waals surface area contributed by atoms with Crippen LogP contribution in [0.4, 0.5) is 0 Å². The van der Waals surface area contributed by atoms with Crippen LogP contribution in [0.1, 0.15) is 16.3 Å². The van der Waals surface area contributed by atoms with E-state index in [4.69, 9.17) is 0 Å². The Hall–Kier alpha value is -2.24. The Morgan fingerprint density at radius 2 is 2.33 bits per heavy atom. The fourth-order valence-corrected chi connectivity index (χ4v) is 1.07. The van der Waals surface area contributed by atoms with Crippen LogP contribution in [0.3, 0.4) is 0 Å². The lowest BCUT2D eigenvalue weighted by atomic mass is 10.3. The number of hydrogen-bond acceptors (Lipinski definition) is 4. The first-order chi connectivity index (χ1) is 7.36. The van der Waals surface area contributed by atoms with E-state index in [1.54, 1.807) is 24.4 Å². The highest BCUT2D eigenvalue weighted by molar-refractivity contribution is 5.91. The summed E-state index contributed by atoms with van der Waals surface area (Å²) in [6, 6.07) is 5.17. The lowest BCUT2D eigenvalue weighted by molar-refractivity contribution is 0.0945. The van der Waals surface area contributed by atoms with Crippen molar-refractivity contribution in [3.63, 3.8) is 0 Å². The lowest BCUT2D eigenvalue weighted by Crippen LogP contribution is -2.24. The fraction of sp³-hybridized carbons (Fsp3) is 0.111. The molecule has 0 radical (unpaired) electrons. The monoisotopic (exact) mass is 203 g/mol. The number of aromatic amines is 1. The van der Waals surface area contributed by atoms with Crippen LogP contribution in [-0.2, 0) is 6.54 Å². The summed E-state index contributed by atoms with van der Waals surface area (Å²) in [7, 11) is 0. The molecule has 0 aliphatic rings. The Balaban J connectivity index is 1.94. The third kappa shape index (κ3) is 2.37. The molecule has 0 aromatic carbocycles. The minimum atomic E-state index is -0.230. The van der Waals surface area contributed by atoms with Crippen molar-refractivity contribution in [3.05, 3.63) is 42.2 Å². The molecule has 0 spiro atoms. The summed E-state index contributed by atoms with van der Waals surface area (Å²) in [4.78, 5) is 19.3. The minimum absolute atomic E-state index is 0.230. The number of aromatic nitrogens is 4. The summed E-state index contributed by atoms with van der Waals surface area (Å²) in [5, 5.41) is 8.98. The van der Waals surface area contributed by atoms with Crippen molar-refractivity contribution in [1.82, 2.24) is 25.5 Å². The molecular formula is C9H9N5O. The number of hydrogen-bond donors (Lipinski definition) is 2. The van der Waals surface area contributed by atoms with Crippen LogP contribution in [0.5, 0.6) is 0 Å². The van der Waals surface area contributed by atoms with Crippen LogP contribution in [0.2, 0.25) is 0 Å². The van der Waals surface area contributed by atoms with Crippen molar-refractivity contribution in [2.45, 2.75) is 6.54 Å². The molecule has 2 rings (SSSR count). The molecule has 15 heavy (non-hydrogen) atoms. The molecule has 2 aromatic heterocycles. The highest BCUT2D eigenvalue weighted by Crippen LogP contribution is 1.93. The van der Waals surface area contributed by atoms with Gasteiger partial charge in [-0.25, -0.2) is 4.98 Å². The van der Waals surface area contributed by atoms with Gasteiger partial charge in [0.15, 0.2) is 0 Å². The molecule has 0 fully saturated rings. The van der Waals surface area contributed by atoms with E-state index in [2.05, 4.69) is 25.5 Å². The molecular weight excluding hydrogens is 194 g/mol. The molecule has 2 aromatic rings. The third-order valence-corrected chi connectivity index (χ3v) is 1.78. The van der Waals surface area contributed by atoms with Gasteiger partial charge in [-0.1, -0.05) is 6.07 Å². The molecule has 2 heterocycles. The predicted octanol–water partition coefficient (Wildman–Crippen LogP) is 0.130. The second-order valence-corrected chi connectivity index (χ2v) is 2.83. The number of nitrogens with zero attached hydrogens (tertiary/aromatic N) is 3. The van der Waals surface area contributed by atoms with Crippen LogP contribution in [0.25, 0.3) is 0 Å². The maximum absolute atomic E-state index is 11.5. The van der Waals surface area contributed by atoms with Gasteiger partial charge in [0, 0.05) is 6.20 Å². The second kappa shape index (κ2) is 4.32. The molecule has 76 valence electrons. The number of amides is 1. The van der Waals surface area contributed by atoms with E-state index in [9.17, 15) is 4.79 Å². The summed E-state index contributed by atoms with van der Waals surface area (Å²) in [6.45, 7) is 0.315. The molecule has 0 saturated carbocycles. The Bertz CT molecular complexity index is 425. The molecule has 2 N–H and O–H groups in total. The maximum Gasteiger partial charge on any atom is 0.270 e. The standard InChI is InChI=1S/C9H9N5O/c15-9(7-3-1-2-4-10-7)11-5-8-12-6-13-14-8/h1-4,6H,5H2,(H,11,15)(H,12,13,14). The number of H-pyrrole nitrogens is 1. The SMILES string of the molecule is O=C(NCc1ncn[nH]1)c1ccccn1. The van der Waals surface area contributed by atoms with Crippen molar-refractivity contribution in [1.29, 1.82) is 0 Å². The van der Waals surface area contributed by atoms with Crippen molar-refractivity contribution in [2.75, 3.05) is 0 Å². The van der Waals surface area contributed by atoms with Crippen LogP contribution >= 0.6 is 0 Å². The molecule has 0 bridgehead atoms.